The van der Waals surface area contributed by atoms with Gasteiger partial charge in [-0.05, 0) is 19.3 Å². The van der Waals surface area contributed by atoms with Crippen molar-refractivity contribution in [1.29, 1.82) is 0 Å². The van der Waals surface area contributed by atoms with Crippen LogP contribution in [0, 0.1) is 0 Å². The zero-order chi connectivity index (χ0) is 12.9. The average Bonchev–Trinajstić information content (AvgIpc) is 2.72. The van der Waals surface area contributed by atoms with Crippen molar-refractivity contribution >= 4 is 5.97 Å². The molecule has 1 heterocycles. The lowest BCUT2D eigenvalue weighted by Crippen LogP contribution is -2.34. The van der Waals surface area contributed by atoms with Crippen molar-refractivity contribution in [3.8, 4) is 0 Å². The number of ether oxygens (including phenoxy) is 2. The molecule has 0 amide bonds. The lowest BCUT2D eigenvalue weighted by Gasteiger charge is -2.31. The smallest absolute Gasteiger partial charge is 0.335 e. The Balaban J connectivity index is 0.000000686. The van der Waals surface area contributed by atoms with Gasteiger partial charge in [0.15, 0.2) is 11.9 Å². The van der Waals surface area contributed by atoms with Gasteiger partial charge in [0, 0.05) is 12.8 Å². The van der Waals surface area contributed by atoms with Crippen molar-refractivity contribution < 1.29 is 19.4 Å². The molecular weight excluding hydrogens is 220 g/mol. The Hall–Kier alpha value is -0.610. The summed E-state index contributed by atoms with van der Waals surface area (Å²) in [6, 6.07) is 0. The fraction of sp³-hybridized carbons (Fsp3) is 0.923. The van der Waals surface area contributed by atoms with E-state index >= 15 is 0 Å². The SMILES string of the molecule is CC.CCC1OC2(CCCCC2)OC1C(=O)O. The van der Waals surface area contributed by atoms with Gasteiger partial charge in [-0.15, -0.1) is 0 Å². The first kappa shape index (κ1) is 14.5. The molecule has 1 aliphatic heterocycles. The zero-order valence-electron chi connectivity index (χ0n) is 11.1. The van der Waals surface area contributed by atoms with Crippen molar-refractivity contribution in [2.75, 3.05) is 0 Å². The topological polar surface area (TPSA) is 55.8 Å². The first-order valence-electron chi connectivity index (χ1n) is 6.75. The third kappa shape index (κ3) is 3.19. The van der Waals surface area contributed by atoms with Gasteiger partial charge in [-0.25, -0.2) is 4.79 Å². The molecule has 2 atom stereocenters. The highest BCUT2D eigenvalue weighted by molar-refractivity contribution is 5.73. The van der Waals surface area contributed by atoms with E-state index in [2.05, 4.69) is 0 Å². The lowest BCUT2D eigenvalue weighted by atomic mass is 9.94. The molecule has 17 heavy (non-hydrogen) atoms. The third-order valence-electron chi connectivity index (χ3n) is 3.31. The maximum atomic E-state index is 11.0. The fourth-order valence-corrected chi connectivity index (χ4v) is 2.51. The largest absolute Gasteiger partial charge is 0.479 e. The highest BCUT2D eigenvalue weighted by Gasteiger charge is 2.50. The first-order chi connectivity index (χ1) is 8.17. The summed E-state index contributed by atoms with van der Waals surface area (Å²) >= 11 is 0. The summed E-state index contributed by atoms with van der Waals surface area (Å²) in [7, 11) is 0. The maximum Gasteiger partial charge on any atom is 0.335 e. The van der Waals surface area contributed by atoms with Crippen LogP contribution < -0.4 is 0 Å². The van der Waals surface area contributed by atoms with Gasteiger partial charge in [-0.3, -0.25) is 0 Å². The van der Waals surface area contributed by atoms with Crippen LogP contribution >= 0.6 is 0 Å². The molecule has 1 spiro atoms. The molecule has 1 N–H and O–H groups in total. The van der Waals surface area contributed by atoms with Gasteiger partial charge < -0.3 is 14.6 Å². The van der Waals surface area contributed by atoms with Gasteiger partial charge in [0.05, 0.1) is 6.10 Å². The number of carbonyl (C=O) groups is 1. The van der Waals surface area contributed by atoms with Crippen molar-refractivity contribution in [2.45, 2.75) is 77.3 Å². The first-order valence-corrected chi connectivity index (χ1v) is 6.75. The van der Waals surface area contributed by atoms with E-state index in [0.717, 1.165) is 25.7 Å². The van der Waals surface area contributed by atoms with E-state index in [1.54, 1.807) is 0 Å². The predicted molar refractivity (Wildman–Crippen MR) is 64.8 cm³/mol. The summed E-state index contributed by atoms with van der Waals surface area (Å²) in [6.45, 7) is 5.94. The molecule has 1 saturated heterocycles. The molecular formula is C13H24O4. The molecule has 0 aromatic heterocycles. The minimum absolute atomic E-state index is 0.277. The third-order valence-corrected chi connectivity index (χ3v) is 3.31. The van der Waals surface area contributed by atoms with E-state index in [-0.39, 0.29) is 6.10 Å². The molecule has 0 aromatic rings. The van der Waals surface area contributed by atoms with E-state index in [1.807, 2.05) is 20.8 Å². The maximum absolute atomic E-state index is 11.0. The molecule has 2 fully saturated rings. The summed E-state index contributed by atoms with van der Waals surface area (Å²) in [5.74, 6) is -1.48. The molecule has 0 radical (unpaired) electrons. The van der Waals surface area contributed by atoms with E-state index in [1.165, 1.54) is 6.42 Å². The molecule has 4 nitrogen and oxygen atoms in total. The summed E-state index contributed by atoms with van der Waals surface area (Å²) in [4.78, 5) is 11.0. The van der Waals surface area contributed by atoms with Crippen LogP contribution in [0.15, 0.2) is 0 Å². The molecule has 0 aromatic carbocycles. The molecule has 2 rings (SSSR count). The Morgan fingerprint density at radius 2 is 1.82 bits per heavy atom. The Labute approximate surface area is 103 Å². The number of hydrogen-bond donors (Lipinski definition) is 1. The van der Waals surface area contributed by atoms with Crippen LogP contribution in [-0.4, -0.2) is 29.1 Å². The lowest BCUT2D eigenvalue weighted by molar-refractivity contribution is -0.198. The Bertz CT molecular complexity index is 246. The van der Waals surface area contributed by atoms with E-state index in [4.69, 9.17) is 14.6 Å². The second-order valence-corrected chi connectivity index (χ2v) is 4.41. The summed E-state index contributed by atoms with van der Waals surface area (Å²) in [5, 5.41) is 9.02. The second-order valence-electron chi connectivity index (χ2n) is 4.41. The van der Waals surface area contributed by atoms with Crippen molar-refractivity contribution in [2.24, 2.45) is 0 Å². The van der Waals surface area contributed by atoms with Crippen molar-refractivity contribution in [3.63, 3.8) is 0 Å². The van der Waals surface area contributed by atoms with Crippen LogP contribution in [0.5, 0.6) is 0 Å². The van der Waals surface area contributed by atoms with Crippen molar-refractivity contribution in [3.05, 3.63) is 0 Å². The van der Waals surface area contributed by atoms with Gasteiger partial charge in [0.2, 0.25) is 0 Å². The van der Waals surface area contributed by atoms with Gasteiger partial charge in [0.25, 0.3) is 0 Å². The quantitative estimate of drug-likeness (QED) is 0.811. The fourth-order valence-electron chi connectivity index (χ4n) is 2.51. The molecule has 4 heteroatoms. The standard InChI is InChI=1S/C11H18O4.C2H6/c1-2-8-9(10(12)13)15-11(14-8)6-4-3-5-7-11;1-2/h8-9H,2-7H2,1H3,(H,12,13);1-2H3. The molecule has 0 bridgehead atoms. The van der Waals surface area contributed by atoms with Gasteiger partial charge in [-0.1, -0.05) is 27.2 Å². The highest BCUT2D eigenvalue weighted by Crippen LogP contribution is 2.41. The van der Waals surface area contributed by atoms with Crippen molar-refractivity contribution in [1.82, 2.24) is 0 Å². The van der Waals surface area contributed by atoms with Gasteiger partial charge >= 0.3 is 5.97 Å². The van der Waals surface area contributed by atoms with Crippen LogP contribution in [0.4, 0.5) is 0 Å². The molecule has 100 valence electrons. The van der Waals surface area contributed by atoms with Crippen LogP contribution in [0.1, 0.15) is 59.3 Å². The Morgan fingerprint density at radius 3 is 2.24 bits per heavy atom. The Kier molecular flexibility index (Phi) is 5.40. The summed E-state index contributed by atoms with van der Waals surface area (Å²) in [6.07, 6.45) is 4.67. The minimum atomic E-state index is -0.899. The second kappa shape index (κ2) is 6.36. The normalized spacial score (nSPS) is 30.8. The molecule has 1 aliphatic carbocycles. The van der Waals surface area contributed by atoms with E-state index in [9.17, 15) is 4.79 Å². The van der Waals surface area contributed by atoms with E-state index in [0.29, 0.717) is 6.42 Å². The highest BCUT2D eigenvalue weighted by atomic mass is 16.8. The van der Waals surface area contributed by atoms with Crippen LogP contribution in [0.3, 0.4) is 0 Å². The number of carboxylic acid groups (broad SMARTS) is 1. The predicted octanol–water partition coefficient (Wildman–Crippen LogP) is 2.95. The number of aliphatic carboxylic acids is 1. The monoisotopic (exact) mass is 244 g/mol. The zero-order valence-corrected chi connectivity index (χ0v) is 11.1. The number of carboxylic acids is 1. The minimum Gasteiger partial charge on any atom is -0.479 e. The average molecular weight is 244 g/mol. The molecule has 2 aliphatic rings. The van der Waals surface area contributed by atoms with Crippen LogP contribution in [0.25, 0.3) is 0 Å². The number of hydrogen-bond acceptors (Lipinski definition) is 3. The van der Waals surface area contributed by atoms with Crippen LogP contribution in [-0.2, 0) is 14.3 Å². The molecule has 2 unspecified atom stereocenters. The molecule has 1 saturated carbocycles. The summed E-state index contributed by atoms with van der Waals surface area (Å²) < 4.78 is 11.4. The summed E-state index contributed by atoms with van der Waals surface area (Å²) in [5.41, 5.74) is 0. The van der Waals surface area contributed by atoms with Crippen LogP contribution in [0.2, 0.25) is 0 Å². The van der Waals surface area contributed by atoms with E-state index < -0.39 is 17.9 Å². The van der Waals surface area contributed by atoms with Gasteiger partial charge in [0.1, 0.15) is 0 Å². The Morgan fingerprint density at radius 1 is 1.24 bits per heavy atom. The number of rotatable bonds is 2. The van der Waals surface area contributed by atoms with Gasteiger partial charge in [-0.2, -0.15) is 0 Å².